The van der Waals surface area contributed by atoms with Crippen LogP contribution in [0.5, 0.6) is 0 Å². The third kappa shape index (κ3) is 7.39. The molecule has 3 heterocycles. The van der Waals surface area contributed by atoms with Crippen molar-refractivity contribution < 1.29 is 35.9 Å². The lowest BCUT2D eigenvalue weighted by Gasteiger charge is -2.35. The predicted molar refractivity (Wildman–Crippen MR) is 147 cm³/mol. The highest BCUT2D eigenvalue weighted by atomic mass is 19.4. The van der Waals surface area contributed by atoms with Crippen molar-refractivity contribution in [2.45, 2.75) is 83.5 Å². The predicted octanol–water partition coefficient (Wildman–Crippen LogP) is 7.10. The summed E-state index contributed by atoms with van der Waals surface area (Å²) in [7, 11) is 1.74. The van der Waals surface area contributed by atoms with Gasteiger partial charge in [0.25, 0.3) is 0 Å². The molecule has 8 nitrogen and oxygen atoms in total. The van der Waals surface area contributed by atoms with Crippen LogP contribution < -0.4 is 4.90 Å². The summed E-state index contributed by atoms with van der Waals surface area (Å²) in [4.78, 5) is 25.2. The number of benzene rings is 1. The first-order chi connectivity index (χ1) is 19.8. The highest BCUT2D eigenvalue weighted by Gasteiger charge is 2.47. The van der Waals surface area contributed by atoms with Gasteiger partial charge in [-0.15, -0.1) is 0 Å². The third-order valence-electron chi connectivity index (χ3n) is 7.47. The summed E-state index contributed by atoms with van der Waals surface area (Å²) >= 11 is 0. The number of aromatic nitrogens is 4. The molecule has 0 saturated carbocycles. The minimum Gasteiger partial charge on any atom is -0.444 e. The Morgan fingerprint density at radius 3 is 2.05 bits per heavy atom. The Hall–Kier alpha value is -3.84. The lowest BCUT2D eigenvalue weighted by Crippen LogP contribution is -2.47. The molecule has 43 heavy (non-hydrogen) atoms. The molecule has 1 amide bonds. The van der Waals surface area contributed by atoms with Gasteiger partial charge in [-0.2, -0.15) is 31.4 Å². The number of carbonyl (C=O) groups excluding carboxylic acids is 1. The number of halogens is 6. The van der Waals surface area contributed by atoms with Gasteiger partial charge in [-0.05, 0) is 64.3 Å². The maximum atomic E-state index is 13.7. The molecule has 234 valence electrons. The van der Waals surface area contributed by atoms with E-state index in [1.165, 1.54) is 12.4 Å². The standard InChI is InChI=1S/C29H34F6N6O2/c1-7-27(5)11-23(17-41(27)25(42)43-26(2,3)4)40(24-36-12-19(13-37-24)20-14-38-39(6)16-20)15-18-8-21(28(30,31)32)10-22(9-18)29(33,34)35/h8-10,12-14,16,23H,7,11,15,17H2,1-6H3. The second-order valence-electron chi connectivity index (χ2n) is 12.0. The van der Waals surface area contributed by atoms with Gasteiger partial charge in [-0.3, -0.25) is 4.68 Å². The maximum absolute atomic E-state index is 13.7. The molecular weight excluding hydrogens is 578 g/mol. The Labute approximate surface area is 245 Å². The normalized spacial score (nSPS) is 19.5. The number of rotatable bonds is 6. The molecule has 0 aliphatic carbocycles. The fraction of sp³-hybridized carbons (Fsp3) is 0.517. The fourth-order valence-corrected chi connectivity index (χ4v) is 5.13. The highest BCUT2D eigenvalue weighted by Crippen LogP contribution is 2.39. The molecule has 1 aliphatic heterocycles. The monoisotopic (exact) mass is 612 g/mol. The summed E-state index contributed by atoms with van der Waals surface area (Å²) in [5, 5.41) is 4.12. The zero-order chi connectivity index (χ0) is 32.0. The summed E-state index contributed by atoms with van der Waals surface area (Å²) in [5.74, 6) is 0.0908. The van der Waals surface area contributed by atoms with E-state index in [0.717, 1.165) is 5.56 Å². The van der Waals surface area contributed by atoms with Crippen LogP contribution in [0.3, 0.4) is 0 Å². The molecule has 1 aromatic carbocycles. The van der Waals surface area contributed by atoms with Crippen molar-refractivity contribution in [2.75, 3.05) is 11.4 Å². The summed E-state index contributed by atoms with van der Waals surface area (Å²) < 4.78 is 89.2. The average Bonchev–Trinajstić information content (AvgIpc) is 3.49. The smallest absolute Gasteiger partial charge is 0.416 e. The second kappa shape index (κ2) is 11.3. The number of hydrogen-bond donors (Lipinski definition) is 0. The number of aryl methyl sites for hydroxylation is 1. The Balaban J connectivity index is 1.77. The van der Waals surface area contributed by atoms with Gasteiger partial charge in [0.2, 0.25) is 5.95 Å². The minimum absolute atomic E-state index is 0.0908. The topological polar surface area (TPSA) is 76.4 Å². The zero-order valence-electron chi connectivity index (χ0n) is 24.7. The number of nitrogens with zero attached hydrogens (tertiary/aromatic N) is 6. The average molecular weight is 613 g/mol. The zero-order valence-corrected chi connectivity index (χ0v) is 24.7. The summed E-state index contributed by atoms with van der Waals surface area (Å²) in [6.45, 7) is 8.69. The van der Waals surface area contributed by atoms with Crippen LogP contribution in [0.25, 0.3) is 11.1 Å². The maximum Gasteiger partial charge on any atom is 0.416 e. The molecule has 2 atom stereocenters. The Kier molecular flexibility index (Phi) is 8.46. The largest absolute Gasteiger partial charge is 0.444 e. The molecule has 1 fully saturated rings. The second-order valence-corrected chi connectivity index (χ2v) is 12.0. The van der Waals surface area contributed by atoms with Gasteiger partial charge < -0.3 is 14.5 Å². The first-order valence-corrected chi connectivity index (χ1v) is 13.7. The number of amides is 1. The Morgan fingerprint density at radius 1 is 1.00 bits per heavy atom. The van der Waals surface area contributed by atoms with Crippen molar-refractivity contribution in [3.8, 4) is 11.1 Å². The van der Waals surface area contributed by atoms with Crippen LogP contribution in [0, 0.1) is 0 Å². The molecule has 2 unspecified atom stereocenters. The molecule has 0 N–H and O–H groups in total. The van der Waals surface area contributed by atoms with Crippen molar-refractivity contribution >= 4 is 12.0 Å². The van der Waals surface area contributed by atoms with Gasteiger partial charge in [-0.25, -0.2) is 14.8 Å². The van der Waals surface area contributed by atoms with E-state index in [1.807, 2.05) is 13.8 Å². The number of carbonyl (C=O) groups is 1. The summed E-state index contributed by atoms with van der Waals surface area (Å²) in [5.41, 5.74) is -3.18. The van der Waals surface area contributed by atoms with Crippen LogP contribution in [0.15, 0.2) is 43.0 Å². The lowest BCUT2D eigenvalue weighted by atomic mass is 9.93. The van der Waals surface area contributed by atoms with Crippen LogP contribution in [0.4, 0.5) is 37.1 Å². The van der Waals surface area contributed by atoms with Crippen molar-refractivity contribution in [2.24, 2.45) is 7.05 Å². The molecule has 1 aliphatic rings. The van der Waals surface area contributed by atoms with Crippen LogP contribution in [-0.4, -0.2) is 54.5 Å². The molecular formula is C29H34F6N6O2. The Morgan fingerprint density at radius 2 is 1.58 bits per heavy atom. The molecule has 1 saturated heterocycles. The van der Waals surface area contributed by atoms with E-state index in [9.17, 15) is 31.1 Å². The van der Waals surface area contributed by atoms with Crippen LogP contribution in [-0.2, 0) is 30.7 Å². The van der Waals surface area contributed by atoms with Gasteiger partial charge in [0.1, 0.15) is 5.60 Å². The van der Waals surface area contributed by atoms with E-state index in [2.05, 4.69) is 15.1 Å². The van der Waals surface area contributed by atoms with Gasteiger partial charge >= 0.3 is 18.4 Å². The van der Waals surface area contributed by atoms with Crippen molar-refractivity contribution in [3.63, 3.8) is 0 Å². The number of alkyl halides is 6. The molecule has 14 heteroatoms. The number of ether oxygens (including phenoxy) is 1. The highest BCUT2D eigenvalue weighted by molar-refractivity contribution is 5.70. The molecule has 2 aromatic heterocycles. The van der Waals surface area contributed by atoms with Gasteiger partial charge in [0.15, 0.2) is 0 Å². The van der Waals surface area contributed by atoms with E-state index < -0.39 is 46.8 Å². The molecule has 0 radical (unpaired) electrons. The fourth-order valence-electron chi connectivity index (χ4n) is 5.13. The van der Waals surface area contributed by atoms with Gasteiger partial charge in [0, 0.05) is 55.4 Å². The molecule has 0 spiro atoms. The quantitative estimate of drug-likeness (QED) is 0.277. The molecule has 3 aromatic rings. The number of likely N-dealkylation sites (tertiary alicyclic amines) is 1. The minimum atomic E-state index is -5.00. The van der Waals surface area contributed by atoms with Crippen molar-refractivity contribution in [1.29, 1.82) is 0 Å². The molecule has 4 rings (SSSR count). The summed E-state index contributed by atoms with van der Waals surface area (Å²) in [6, 6.07) is 0.948. The molecule has 0 bridgehead atoms. The third-order valence-corrected chi connectivity index (χ3v) is 7.47. The van der Waals surface area contributed by atoms with E-state index in [1.54, 1.807) is 54.7 Å². The van der Waals surface area contributed by atoms with Gasteiger partial charge in [-0.1, -0.05) is 6.92 Å². The lowest BCUT2D eigenvalue weighted by molar-refractivity contribution is -0.143. The van der Waals surface area contributed by atoms with Crippen molar-refractivity contribution in [3.05, 3.63) is 59.7 Å². The SMILES string of the molecule is CCC1(C)CC(N(Cc2cc(C(F)(F)F)cc(C(F)(F)F)c2)c2ncc(-c3cnn(C)c3)cn2)CN1C(=O)OC(C)(C)C. The van der Waals surface area contributed by atoms with Gasteiger partial charge in [0.05, 0.1) is 23.4 Å². The van der Waals surface area contributed by atoms with E-state index in [0.29, 0.717) is 30.5 Å². The number of anilines is 1. The van der Waals surface area contributed by atoms with Crippen LogP contribution in [0.1, 0.15) is 64.2 Å². The van der Waals surface area contributed by atoms with E-state index in [-0.39, 0.29) is 30.7 Å². The van der Waals surface area contributed by atoms with Crippen LogP contribution >= 0.6 is 0 Å². The van der Waals surface area contributed by atoms with E-state index >= 15 is 0 Å². The van der Waals surface area contributed by atoms with E-state index in [4.69, 9.17) is 4.74 Å². The number of hydrogen-bond acceptors (Lipinski definition) is 6. The summed E-state index contributed by atoms with van der Waals surface area (Å²) in [6.07, 6.45) is -3.29. The first-order valence-electron chi connectivity index (χ1n) is 13.7. The Bertz CT molecular complexity index is 1420. The first kappa shape index (κ1) is 32.1. The van der Waals surface area contributed by atoms with Crippen molar-refractivity contribution in [1.82, 2.24) is 24.6 Å². The van der Waals surface area contributed by atoms with Crippen LogP contribution in [0.2, 0.25) is 0 Å².